The molecular weight excluding hydrogens is 278 g/mol. The molecule has 0 unspecified atom stereocenters. The highest BCUT2D eigenvalue weighted by atomic mass is 16.1. The van der Waals surface area contributed by atoms with Crippen LogP contribution in [0.2, 0.25) is 0 Å². The first kappa shape index (κ1) is 13.9. The summed E-state index contributed by atoms with van der Waals surface area (Å²) in [6.07, 6.45) is 1.88. The smallest absolute Gasteiger partial charge is 0.228 e. The number of amides is 1. The van der Waals surface area contributed by atoms with Crippen molar-refractivity contribution in [2.75, 3.05) is 5.32 Å². The van der Waals surface area contributed by atoms with E-state index in [1.807, 2.05) is 55.5 Å². The number of carbonyl (C=O) groups excluding carboxylic acids is 1. The third kappa shape index (κ3) is 3.35. The Morgan fingerprint density at radius 1 is 1.09 bits per heavy atom. The third-order valence-corrected chi connectivity index (χ3v) is 3.25. The maximum atomic E-state index is 12.0. The number of nitrogens with zero attached hydrogens (tertiary/aromatic N) is 4. The minimum Gasteiger partial charge on any atom is -0.326 e. The van der Waals surface area contributed by atoms with E-state index in [0.29, 0.717) is 6.42 Å². The van der Waals surface area contributed by atoms with Crippen LogP contribution in [-0.4, -0.2) is 26.1 Å². The summed E-state index contributed by atoms with van der Waals surface area (Å²) in [7, 11) is 0. The molecule has 0 aliphatic heterocycles. The van der Waals surface area contributed by atoms with Crippen LogP contribution >= 0.6 is 0 Å². The number of rotatable bonds is 4. The van der Waals surface area contributed by atoms with Crippen LogP contribution in [0.4, 0.5) is 5.69 Å². The molecule has 1 amide bonds. The predicted molar refractivity (Wildman–Crippen MR) is 82.7 cm³/mol. The van der Waals surface area contributed by atoms with Crippen molar-refractivity contribution in [3.05, 3.63) is 66.0 Å². The lowest BCUT2D eigenvalue weighted by molar-refractivity contribution is -0.115. The number of benzene rings is 2. The number of aryl methyl sites for hydroxylation is 1. The van der Waals surface area contributed by atoms with E-state index in [0.717, 1.165) is 16.9 Å². The topological polar surface area (TPSA) is 72.7 Å². The van der Waals surface area contributed by atoms with Gasteiger partial charge in [0.05, 0.1) is 12.1 Å². The fourth-order valence-electron chi connectivity index (χ4n) is 2.07. The van der Waals surface area contributed by atoms with Gasteiger partial charge in [-0.25, -0.2) is 4.68 Å². The van der Waals surface area contributed by atoms with Crippen LogP contribution in [0.3, 0.4) is 0 Å². The summed E-state index contributed by atoms with van der Waals surface area (Å²) in [5.41, 5.74) is 3.76. The second-order valence-electron chi connectivity index (χ2n) is 5.01. The summed E-state index contributed by atoms with van der Waals surface area (Å²) < 4.78 is 1.55. The largest absolute Gasteiger partial charge is 0.326 e. The van der Waals surface area contributed by atoms with Gasteiger partial charge in [0.25, 0.3) is 0 Å². The fourth-order valence-corrected chi connectivity index (χ4v) is 2.07. The predicted octanol–water partition coefficient (Wildman–Crippen LogP) is 2.15. The molecular formula is C16H15N5O. The second kappa shape index (κ2) is 6.17. The zero-order chi connectivity index (χ0) is 15.4. The molecule has 0 saturated heterocycles. The SMILES string of the molecule is Cc1ccc(CC(=O)Nc2ccc(-n3cnnn3)cc2)cc1. The Balaban J connectivity index is 1.63. The van der Waals surface area contributed by atoms with E-state index in [-0.39, 0.29) is 5.91 Å². The summed E-state index contributed by atoms with van der Waals surface area (Å²) in [4.78, 5) is 12.0. The zero-order valence-electron chi connectivity index (χ0n) is 12.1. The van der Waals surface area contributed by atoms with Crippen molar-refractivity contribution in [1.82, 2.24) is 20.2 Å². The first-order valence-corrected chi connectivity index (χ1v) is 6.89. The molecule has 1 heterocycles. The Kier molecular flexibility index (Phi) is 3.91. The lowest BCUT2D eigenvalue weighted by Gasteiger charge is -2.06. The van der Waals surface area contributed by atoms with Gasteiger partial charge in [-0.2, -0.15) is 0 Å². The Bertz CT molecular complexity index is 748. The Morgan fingerprint density at radius 3 is 2.45 bits per heavy atom. The molecule has 6 nitrogen and oxygen atoms in total. The lowest BCUT2D eigenvalue weighted by Crippen LogP contribution is -2.14. The van der Waals surface area contributed by atoms with Gasteiger partial charge in [0.15, 0.2) is 0 Å². The summed E-state index contributed by atoms with van der Waals surface area (Å²) in [6.45, 7) is 2.02. The molecule has 1 aromatic heterocycles. The van der Waals surface area contributed by atoms with Crippen molar-refractivity contribution in [1.29, 1.82) is 0 Å². The van der Waals surface area contributed by atoms with Crippen molar-refractivity contribution in [3.63, 3.8) is 0 Å². The Hall–Kier alpha value is -3.02. The summed E-state index contributed by atoms with van der Waals surface area (Å²) in [5, 5.41) is 13.9. The van der Waals surface area contributed by atoms with Gasteiger partial charge >= 0.3 is 0 Å². The van der Waals surface area contributed by atoms with Crippen molar-refractivity contribution >= 4 is 11.6 Å². The molecule has 3 rings (SSSR count). The number of carbonyl (C=O) groups is 1. The number of nitrogens with one attached hydrogen (secondary N) is 1. The minimum absolute atomic E-state index is 0.0426. The van der Waals surface area contributed by atoms with Crippen LogP contribution in [0.25, 0.3) is 5.69 Å². The minimum atomic E-state index is -0.0426. The molecule has 1 N–H and O–H groups in total. The van der Waals surface area contributed by atoms with Gasteiger partial charge in [-0.3, -0.25) is 4.79 Å². The lowest BCUT2D eigenvalue weighted by atomic mass is 10.1. The van der Waals surface area contributed by atoms with E-state index < -0.39 is 0 Å². The van der Waals surface area contributed by atoms with Gasteiger partial charge in [-0.1, -0.05) is 29.8 Å². The molecule has 0 atom stereocenters. The highest BCUT2D eigenvalue weighted by Gasteiger charge is 2.05. The molecule has 0 bridgehead atoms. The summed E-state index contributed by atoms with van der Waals surface area (Å²) >= 11 is 0. The quantitative estimate of drug-likeness (QED) is 0.800. The Labute approximate surface area is 127 Å². The zero-order valence-corrected chi connectivity index (χ0v) is 12.1. The first-order valence-electron chi connectivity index (χ1n) is 6.89. The van der Waals surface area contributed by atoms with E-state index in [4.69, 9.17) is 0 Å². The van der Waals surface area contributed by atoms with Crippen LogP contribution in [0.5, 0.6) is 0 Å². The number of aromatic nitrogens is 4. The van der Waals surface area contributed by atoms with E-state index in [9.17, 15) is 4.79 Å². The first-order chi connectivity index (χ1) is 10.7. The van der Waals surface area contributed by atoms with Crippen LogP contribution in [0.1, 0.15) is 11.1 Å². The van der Waals surface area contributed by atoms with Gasteiger partial charge in [0.1, 0.15) is 6.33 Å². The van der Waals surface area contributed by atoms with Gasteiger partial charge < -0.3 is 5.32 Å². The van der Waals surface area contributed by atoms with Crippen molar-refractivity contribution in [2.24, 2.45) is 0 Å². The molecule has 0 spiro atoms. The average Bonchev–Trinajstić information content (AvgIpc) is 3.05. The highest BCUT2D eigenvalue weighted by molar-refractivity contribution is 5.92. The maximum absolute atomic E-state index is 12.0. The summed E-state index contributed by atoms with van der Waals surface area (Å²) in [5.74, 6) is -0.0426. The summed E-state index contributed by atoms with van der Waals surface area (Å²) in [6, 6.07) is 15.3. The van der Waals surface area contributed by atoms with Crippen LogP contribution in [-0.2, 0) is 11.2 Å². The van der Waals surface area contributed by atoms with Gasteiger partial charge in [0.2, 0.25) is 5.91 Å². The van der Waals surface area contributed by atoms with Crippen LogP contribution in [0, 0.1) is 6.92 Å². The normalized spacial score (nSPS) is 10.4. The molecule has 3 aromatic rings. The third-order valence-electron chi connectivity index (χ3n) is 3.25. The van der Waals surface area contributed by atoms with Crippen LogP contribution < -0.4 is 5.32 Å². The van der Waals surface area contributed by atoms with Gasteiger partial charge in [-0.15, -0.1) is 5.10 Å². The van der Waals surface area contributed by atoms with Gasteiger partial charge in [-0.05, 0) is 47.2 Å². The molecule has 2 aromatic carbocycles. The maximum Gasteiger partial charge on any atom is 0.228 e. The van der Waals surface area contributed by atoms with Crippen molar-refractivity contribution < 1.29 is 4.79 Å². The Morgan fingerprint density at radius 2 is 1.82 bits per heavy atom. The fraction of sp³-hybridized carbons (Fsp3) is 0.125. The number of anilines is 1. The molecule has 110 valence electrons. The van der Waals surface area contributed by atoms with E-state index in [2.05, 4.69) is 20.8 Å². The van der Waals surface area contributed by atoms with Gasteiger partial charge in [0, 0.05) is 5.69 Å². The van der Waals surface area contributed by atoms with E-state index in [1.54, 1.807) is 4.68 Å². The monoisotopic (exact) mass is 293 g/mol. The van der Waals surface area contributed by atoms with E-state index in [1.165, 1.54) is 11.9 Å². The number of hydrogen-bond acceptors (Lipinski definition) is 4. The molecule has 6 heteroatoms. The van der Waals surface area contributed by atoms with Crippen LogP contribution in [0.15, 0.2) is 54.9 Å². The van der Waals surface area contributed by atoms with E-state index >= 15 is 0 Å². The second-order valence-corrected chi connectivity index (χ2v) is 5.01. The molecule has 22 heavy (non-hydrogen) atoms. The molecule has 0 fully saturated rings. The molecule has 0 aliphatic carbocycles. The van der Waals surface area contributed by atoms with Crippen molar-refractivity contribution in [2.45, 2.75) is 13.3 Å². The molecule has 0 aliphatic rings. The van der Waals surface area contributed by atoms with Crippen molar-refractivity contribution in [3.8, 4) is 5.69 Å². The average molecular weight is 293 g/mol. The molecule has 0 radical (unpaired) electrons. The molecule has 0 saturated carbocycles. The highest BCUT2D eigenvalue weighted by Crippen LogP contribution is 2.13. The number of tetrazole rings is 1. The standard InChI is InChI=1S/C16H15N5O/c1-12-2-4-13(5-3-12)10-16(22)18-14-6-8-15(9-7-14)21-11-17-19-20-21/h2-9,11H,10H2,1H3,(H,18,22). The number of hydrogen-bond donors (Lipinski definition) is 1.